The molecule has 2 aromatic carbocycles. The van der Waals surface area contributed by atoms with Gasteiger partial charge in [-0.1, -0.05) is 42.5 Å². The van der Waals surface area contributed by atoms with Crippen molar-refractivity contribution >= 4 is 11.8 Å². The summed E-state index contributed by atoms with van der Waals surface area (Å²) < 4.78 is 11.7. The first kappa shape index (κ1) is 19.3. The van der Waals surface area contributed by atoms with Crippen molar-refractivity contribution in [3.05, 3.63) is 60.2 Å². The number of fused-ring (bicyclic) bond motifs is 1. The first-order valence-electron chi connectivity index (χ1n) is 10.1. The van der Waals surface area contributed by atoms with E-state index in [9.17, 15) is 9.59 Å². The van der Waals surface area contributed by atoms with Crippen LogP contribution in [0.1, 0.15) is 12.0 Å². The van der Waals surface area contributed by atoms with Gasteiger partial charge in [-0.2, -0.15) is 0 Å². The van der Waals surface area contributed by atoms with Crippen LogP contribution >= 0.6 is 0 Å². The van der Waals surface area contributed by atoms with E-state index in [1.165, 1.54) is 5.56 Å². The molecule has 2 aliphatic heterocycles. The molecule has 29 heavy (non-hydrogen) atoms. The summed E-state index contributed by atoms with van der Waals surface area (Å²) in [6.45, 7) is 1.97. The Morgan fingerprint density at radius 1 is 1.10 bits per heavy atom. The zero-order valence-electron chi connectivity index (χ0n) is 16.6. The molecule has 2 amide bonds. The lowest BCUT2D eigenvalue weighted by Crippen LogP contribution is -2.44. The summed E-state index contributed by atoms with van der Waals surface area (Å²) in [5.41, 5.74) is 1.20. The molecular formula is C23H26N2O4. The van der Waals surface area contributed by atoms with Gasteiger partial charge in [-0.15, -0.1) is 0 Å². The van der Waals surface area contributed by atoms with Gasteiger partial charge in [-0.25, -0.2) is 0 Å². The van der Waals surface area contributed by atoms with Crippen LogP contribution in [-0.4, -0.2) is 61.0 Å². The Balaban J connectivity index is 1.28. The molecule has 6 nitrogen and oxygen atoms in total. The van der Waals surface area contributed by atoms with Gasteiger partial charge in [0, 0.05) is 26.6 Å². The van der Waals surface area contributed by atoms with Gasteiger partial charge in [0.05, 0.1) is 12.5 Å². The van der Waals surface area contributed by atoms with Crippen LogP contribution in [-0.2, 0) is 16.0 Å². The first-order chi connectivity index (χ1) is 14.1. The number of amides is 2. The van der Waals surface area contributed by atoms with E-state index >= 15 is 0 Å². The van der Waals surface area contributed by atoms with Crippen LogP contribution in [0, 0.1) is 5.92 Å². The van der Waals surface area contributed by atoms with Gasteiger partial charge in [-0.3, -0.25) is 9.59 Å². The number of likely N-dealkylation sites (N-methyl/N-ethyl adjacent to an activating group) is 1. The van der Waals surface area contributed by atoms with Crippen molar-refractivity contribution in [2.45, 2.75) is 18.9 Å². The third-order valence-electron chi connectivity index (χ3n) is 5.50. The lowest BCUT2D eigenvalue weighted by Gasteiger charge is -2.30. The number of ether oxygens (including phenoxy) is 2. The molecular weight excluding hydrogens is 368 g/mol. The summed E-state index contributed by atoms with van der Waals surface area (Å²) >= 11 is 0. The maximum atomic E-state index is 12.9. The van der Waals surface area contributed by atoms with Crippen molar-refractivity contribution in [3.8, 4) is 11.5 Å². The van der Waals surface area contributed by atoms with E-state index < -0.39 is 0 Å². The van der Waals surface area contributed by atoms with Crippen LogP contribution in [0.3, 0.4) is 0 Å². The molecule has 0 aromatic heterocycles. The number of likely N-dealkylation sites (tertiary alicyclic amines) is 1. The molecule has 0 saturated carbocycles. The Morgan fingerprint density at radius 2 is 1.83 bits per heavy atom. The normalized spacial score (nSPS) is 20.6. The number of rotatable bonds is 6. The molecule has 2 atom stereocenters. The predicted octanol–water partition coefficient (Wildman–Crippen LogP) is 2.38. The second-order valence-corrected chi connectivity index (χ2v) is 7.69. The smallest absolute Gasteiger partial charge is 0.227 e. The van der Waals surface area contributed by atoms with Crippen molar-refractivity contribution < 1.29 is 19.1 Å². The van der Waals surface area contributed by atoms with Crippen LogP contribution in [0.4, 0.5) is 0 Å². The van der Waals surface area contributed by atoms with Crippen LogP contribution in [0.15, 0.2) is 54.6 Å². The summed E-state index contributed by atoms with van der Waals surface area (Å²) in [4.78, 5) is 28.7. The minimum Gasteiger partial charge on any atom is -0.486 e. The number of benzene rings is 2. The van der Waals surface area contributed by atoms with Crippen molar-refractivity contribution in [3.63, 3.8) is 0 Å². The number of hydrogen-bond donors (Lipinski definition) is 0. The van der Waals surface area contributed by atoms with Gasteiger partial charge < -0.3 is 19.3 Å². The molecule has 0 bridgehead atoms. The van der Waals surface area contributed by atoms with E-state index in [4.69, 9.17) is 9.47 Å². The molecule has 0 N–H and O–H groups in total. The molecule has 1 saturated heterocycles. The maximum absolute atomic E-state index is 12.9. The number of carbonyl (C=O) groups excluding carboxylic acids is 2. The van der Waals surface area contributed by atoms with Gasteiger partial charge in [0.2, 0.25) is 11.8 Å². The Bertz CT molecular complexity index is 870. The second-order valence-electron chi connectivity index (χ2n) is 7.69. The number of para-hydroxylation sites is 2. The fraction of sp³-hybridized carbons (Fsp3) is 0.391. The Hall–Kier alpha value is -3.02. The molecule has 0 spiro atoms. The van der Waals surface area contributed by atoms with Crippen molar-refractivity contribution in [2.24, 2.45) is 5.92 Å². The minimum atomic E-state index is -0.292. The molecule has 2 heterocycles. The van der Waals surface area contributed by atoms with E-state index in [-0.39, 0.29) is 30.3 Å². The van der Waals surface area contributed by atoms with E-state index in [0.29, 0.717) is 32.0 Å². The SMILES string of the molecule is CN(CC1COc2ccccc2O1)C(=O)C1CC(=O)N(CCc2ccccc2)C1. The van der Waals surface area contributed by atoms with Gasteiger partial charge in [0.25, 0.3) is 0 Å². The van der Waals surface area contributed by atoms with E-state index in [0.717, 1.165) is 12.2 Å². The Labute approximate surface area is 171 Å². The van der Waals surface area contributed by atoms with Crippen molar-refractivity contribution in [2.75, 3.05) is 33.3 Å². The fourth-order valence-corrected chi connectivity index (χ4v) is 3.92. The third-order valence-corrected chi connectivity index (χ3v) is 5.50. The van der Waals surface area contributed by atoms with E-state index in [2.05, 4.69) is 12.1 Å². The zero-order valence-corrected chi connectivity index (χ0v) is 16.6. The topological polar surface area (TPSA) is 59.1 Å². The Kier molecular flexibility index (Phi) is 5.69. The third kappa shape index (κ3) is 4.53. The van der Waals surface area contributed by atoms with Gasteiger partial charge >= 0.3 is 0 Å². The number of nitrogens with zero attached hydrogens (tertiary/aromatic N) is 2. The highest BCUT2D eigenvalue weighted by atomic mass is 16.6. The Morgan fingerprint density at radius 3 is 2.62 bits per heavy atom. The van der Waals surface area contributed by atoms with Crippen LogP contribution in [0.25, 0.3) is 0 Å². The summed E-state index contributed by atoms with van der Waals surface area (Å²) in [7, 11) is 1.77. The lowest BCUT2D eigenvalue weighted by molar-refractivity contribution is -0.135. The average molecular weight is 394 g/mol. The molecule has 2 aliphatic rings. The summed E-state index contributed by atoms with van der Waals surface area (Å²) in [6.07, 6.45) is 0.865. The zero-order chi connectivity index (χ0) is 20.2. The van der Waals surface area contributed by atoms with Crippen LogP contribution in [0.5, 0.6) is 11.5 Å². The van der Waals surface area contributed by atoms with E-state index in [1.54, 1.807) is 16.8 Å². The van der Waals surface area contributed by atoms with Crippen LogP contribution < -0.4 is 9.47 Å². The molecule has 2 aromatic rings. The quantitative estimate of drug-likeness (QED) is 0.755. The molecule has 4 rings (SSSR count). The predicted molar refractivity (Wildman–Crippen MR) is 109 cm³/mol. The standard InChI is InChI=1S/C23H26N2O4/c1-24(15-19-16-28-20-9-5-6-10-21(20)29-19)23(27)18-13-22(26)25(14-18)12-11-17-7-3-2-4-8-17/h2-10,18-19H,11-16H2,1H3. The highest BCUT2D eigenvalue weighted by molar-refractivity contribution is 5.89. The molecule has 0 radical (unpaired) electrons. The average Bonchev–Trinajstić information content (AvgIpc) is 3.12. The monoisotopic (exact) mass is 394 g/mol. The highest BCUT2D eigenvalue weighted by Crippen LogP contribution is 2.31. The van der Waals surface area contributed by atoms with Crippen LogP contribution in [0.2, 0.25) is 0 Å². The molecule has 1 fully saturated rings. The number of hydrogen-bond acceptors (Lipinski definition) is 4. The summed E-state index contributed by atoms with van der Waals surface area (Å²) in [5, 5.41) is 0. The second kappa shape index (κ2) is 8.55. The van der Waals surface area contributed by atoms with E-state index in [1.807, 2.05) is 42.5 Å². The first-order valence-corrected chi connectivity index (χ1v) is 10.1. The fourth-order valence-electron chi connectivity index (χ4n) is 3.92. The molecule has 2 unspecified atom stereocenters. The van der Waals surface area contributed by atoms with Crippen molar-refractivity contribution in [1.82, 2.24) is 9.80 Å². The molecule has 0 aliphatic carbocycles. The minimum absolute atomic E-state index is 0.0111. The highest BCUT2D eigenvalue weighted by Gasteiger charge is 2.36. The molecule has 152 valence electrons. The largest absolute Gasteiger partial charge is 0.486 e. The van der Waals surface area contributed by atoms with Crippen molar-refractivity contribution in [1.29, 1.82) is 0 Å². The molecule has 6 heteroatoms. The summed E-state index contributed by atoms with van der Waals surface area (Å²) in [6, 6.07) is 17.6. The summed E-state index contributed by atoms with van der Waals surface area (Å²) in [5.74, 6) is 1.18. The van der Waals surface area contributed by atoms with Gasteiger partial charge in [0.1, 0.15) is 6.61 Å². The van der Waals surface area contributed by atoms with Gasteiger partial charge in [-0.05, 0) is 24.1 Å². The lowest BCUT2D eigenvalue weighted by atomic mass is 10.1. The number of carbonyl (C=O) groups is 2. The van der Waals surface area contributed by atoms with Gasteiger partial charge in [0.15, 0.2) is 17.6 Å². The maximum Gasteiger partial charge on any atom is 0.227 e.